The Kier molecular flexibility index (Phi) is 4.79. The van der Waals surface area contributed by atoms with Crippen molar-refractivity contribution in [3.05, 3.63) is 34.8 Å². The predicted octanol–water partition coefficient (Wildman–Crippen LogP) is 2.28. The van der Waals surface area contributed by atoms with Crippen molar-refractivity contribution >= 4 is 5.82 Å². The first-order valence-electron chi connectivity index (χ1n) is 8.67. The van der Waals surface area contributed by atoms with Gasteiger partial charge in [-0.15, -0.1) is 5.10 Å². The van der Waals surface area contributed by atoms with Gasteiger partial charge in [0.15, 0.2) is 5.82 Å². The van der Waals surface area contributed by atoms with Gasteiger partial charge < -0.3 is 4.90 Å². The molecule has 1 atom stereocenters. The lowest BCUT2D eigenvalue weighted by atomic mass is 10.0. The summed E-state index contributed by atoms with van der Waals surface area (Å²) in [6.45, 7) is 6.00. The van der Waals surface area contributed by atoms with Gasteiger partial charge in [0.25, 0.3) is 0 Å². The van der Waals surface area contributed by atoms with Crippen molar-refractivity contribution in [3.63, 3.8) is 0 Å². The van der Waals surface area contributed by atoms with Gasteiger partial charge in [-0.25, -0.2) is 0 Å². The van der Waals surface area contributed by atoms with E-state index in [1.54, 1.807) is 0 Å². The first-order valence-corrected chi connectivity index (χ1v) is 8.67. The van der Waals surface area contributed by atoms with Gasteiger partial charge in [-0.1, -0.05) is 13.8 Å². The Bertz CT molecular complexity index is 757. The highest BCUT2D eigenvalue weighted by Gasteiger charge is 2.27. The molecule has 0 bridgehead atoms. The van der Waals surface area contributed by atoms with Gasteiger partial charge in [0.1, 0.15) is 11.6 Å². The Morgan fingerprint density at radius 2 is 2.12 bits per heavy atom. The molecule has 0 radical (unpaired) electrons. The van der Waals surface area contributed by atoms with Crippen LogP contribution >= 0.6 is 0 Å². The second-order valence-corrected chi connectivity index (χ2v) is 6.47. The minimum Gasteiger partial charge on any atom is -0.354 e. The van der Waals surface area contributed by atoms with Crippen molar-refractivity contribution in [1.82, 2.24) is 20.0 Å². The summed E-state index contributed by atoms with van der Waals surface area (Å²) < 4.78 is 1.85. The Morgan fingerprint density at radius 3 is 2.75 bits per heavy atom. The number of anilines is 1. The second kappa shape index (κ2) is 7.00. The molecule has 1 aliphatic heterocycles. The lowest BCUT2D eigenvalue weighted by Crippen LogP contribution is -2.24. The zero-order chi connectivity index (χ0) is 17.1. The molecule has 3 rings (SSSR count). The number of aromatic nitrogens is 4. The highest BCUT2D eigenvalue weighted by Crippen LogP contribution is 2.29. The third kappa shape index (κ3) is 3.12. The van der Waals surface area contributed by atoms with E-state index < -0.39 is 0 Å². The highest BCUT2D eigenvalue weighted by atomic mass is 15.3. The average molecular weight is 324 g/mol. The normalized spacial score (nSPS) is 17.2. The number of nitriles is 1. The summed E-state index contributed by atoms with van der Waals surface area (Å²) >= 11 is 0. The van der Waals surface area contributed by atoms with Crippen LogP contribution in [0.4, 0.5) is 5.82 Å². The molecule has 2 aromatic heterocycles. The molecule has 0 aromatic carbocycles. The van der Waals surface area contributed by atoms with E-state index in [4.69, 9.17) is 0 Å². The van der Waals surface area contributed by atoms with E-state index in [0.717, 1.165) is 55.8 Å². The molecular formula is C18H24N6. The monoisotopic (exact) mass is 324 g/mol. The van der Waals surface area contributed by atoms with Crippen molar-refractivity contribution in [2.75, 3.05) is 18.0 Å². The standard InChI is InChI=1S/C18H24N6/c1-4-15-16(9-19)18(22-21-17(15)5-2)24-7-6-13(12-24)8-14-10-20-23(3)11-14/h10-11,13H,4-8,12H2,1-3H3/t13-/m1/s1. The van der Waals surface area contributed by atoms with Gasteiger partial charge in [0.05, 0.1) is 11.9 Å². The minimum absolute atomic E-state index is 0.568. The molecule has 1 aliphatic rings. The maximum atomic E-state index is 9.66. The zero-order valence-electron chi connectivity index (χ0n) is 14.7. The van der Waals surface area contributed by atoms with Crippen molar-refractivity contribution < 1.29 is 0 Å². The van der Waals surface area contributed by atoms with Crippen molar-refractivity contribution in [2.45, 2.75) is 39.5 Å². The molecule has 6 nitrogen and oxygen atoms in total. The predicted molar refractivity (Wildman–Crippen MR) is 92.7 cm³/mol. The molecule has 24 heavy (non-hydrogen) atoms. The zero-order valence-corrected chi connectivity index (χ0v) is 14.7. The van der Waals surface area contributed by atoms with Gasteiger partial charge in [-0.05, 0) is 42.7 Å². The smallest absolute Gasteiger partial charge is 0.169 e. The van der Waals surface area contributed by atoms with Gasteiger partial charge in [-0.2, -0.15) is 15.5 Å². The van der Waals surface area contributed by atoms with E-state index in [1.165, 1.54) is 5.56 Å². The first kappa shape index (κ1) is 16.4. The van der Waals surface area contributed by atoms with Crippen molar-refractivity contribution in [3.8, 4) is 6.07 Å². The van der Waals surface area contributed by atoms with Crippen molar-refractivity contribution in [2.24, 2.45) is 13.0 Å². The Labute approximate surface area is 143 Å². The van der Waals surface area contributed by atoms with Crippen LogP contribution in [0, 0.1) is 17.2 Å². The quantitative estimate of drug-likeness (QED) is 0.844. The number of nitrogens with zero attached hydrogens (tertiary/aromatic N) is 6. The third-order valence-corrected chi connectivity index (χ3v) is 4.81. The van der Waals surface area contributed by atoms with Crippen LogP contribution in [-0.2, 0) is 26.3 Å². The number of rotatable bonds is 5. The van der Waals surface area contributed by atoms with Crippen molar-refractivity contribution in [1.29, 1.82) is 5.26 Å². The van der Waals surface area contributed by atoms with E-state index >= 15 is 0 Å². The van der Waals surface area contributed by atoms with Crippen LogP contribution in [-0.4, -0.2) is 33.1 Å². The van der Waals surface area contributed by atoms with Gasteiger partial charge in [-0.3, -0.25) is 4.68 Å². The van der Waals surface area contributed by atoms with E-state index in [2.05, 4.69) is 46.3 Å². The summed E-state index contributed by atoms with van der Waals surface area (Å²) in [7, 11) is 1.95. The van der Waals surface area contributed by atoms with Crippen LogP contribution < -0.4 is 4.90 Å². The van der Waals surface area contributed by atoms with Gasteiger partial charge >= 0.3 is 0 Å². The van der Waals surface area contributed by atoms with E-state index in [1.807, 2.05) is 17.9 Å². The maximum Gasteiger partial charge on any atom is 0.169 e. The summed E-state index contributed by atoms with van der Waals surface area (Å²) in [5, 5.41) is 22.7. The van der Waals surface area contributed by atoms with Crippen LogP contribution in [0.15, 0.2) is 12.4 Å². The number of aryl methyl sites for hydroxylation is 2. The molecule has 1 saturated heterocycles. The summed E-state index contributed by atoms with van der Waals surface area (Å²) in [5.41, 5.74) is 3.99. The second-order valence-electron chi connectivity index (χ2n) is 6.47. The molecule has 0 amide bonds. The first-order chi connectivity index (χ1) is 11.7. The Balaban J connectivity index is 1.79. The van der Waals surface area contributed by atoms with E-state index in [-0.39, 0.29) is 0 Å². The number of hydrogen-bond acceptors (Lipinski definition) is 5. The topological polar surface area (TPSA) is 70.6 Å². The van der Waals surface area contributed by atoms with Gasteiger partial charge in [0, 0.05) is 26.3 Å². The van der Waals surface area contributed by atoms with Crippen LogP contribution in [0.2, 0.25) is 0 Å². The molecule has 0 unspecified atom stereocenters. The van der Waals surface area contributed by atoms with Crippen LogP contribution in [0.5, 0.6) is 0 Å². The molecule has 3 heterocycles. The Hall–Kier alpha value is -2.42. The fourth-order valence-electron chi connectivity index (χ4n) is 3.60. The SMILES string of the molecule is CCc1nnc(N2CC[C@H](Cc3cnn(C)c3)C2)c(C#N)c1CC. The lowest BCUT2D eigenvalue weighted by molar-refractivity contribution is 0.585. The molecule has 6 heteroatoms. The summed E-state index contributed by atoms with van der Waals surface area (Å²) in [5.74, 6) is 1.33. The molecule has 126 valence electrons. The largest absolute Gasteiger partial charge is 0.354 e. The molecule has 0 spiro atoms. The molecule has 0 aliphatic carbocycles. The fourth-order valence-corrected chi connectivity index (χ4v) is 3.60. The van der Waals surface area contributed by atoms with Gasteiger partial charge in [0.2, 0.25) is 0 Å². The van der Waals surface area contributed by atoms with Crippen LogP contribution in [0.3, 0.4) is 0 Å². The molecule has 2 aromatic rings. The Morgan fingerprint density at radius 1 is 1.29 bits per heavy atom. The maximum absolute atomic E-state index is 9.66. The van der Waals surface area contributed by atoms with Crippen LogP contribution in [0.1, 0.15) is 42.7 Å². The molecule has 1 fully saturated rings. The molecule has 0 N–H and O–H groups in total. The lowest BCUT2D eigenvalue weighted by Gasteiger charge is -2.20. The average Bonchev–Trinajstić information content (AvgIpc) is 3.22. The summed E-state index contributed by atoms with van der Waals surface area (Å²) in [4.78, 5) is 2.23. The van der Waals surface area contributed by atoms with Crippen LogP contribution in [0.25, 0.3) is 0 Å². The summed E-state index contributed by atoms with van der Waals surface area (Å²) in [6, 6.07) is 2.38. The summed E-state index contributed by atoms with van der Waals surface area (Å²) in [6.07, 6.45) is 7.78. The molecule has 0 saturated carbocycles. The van der Waals surface area contributed by atoms with E-state index in [0.29, 0.717) is 11.5 Å². The highest BCUT2D eigenvalue weighted by molar-refractivity contribution is 5.58. The minimum atomic E-state index is 0.568. The van der Waals surface area contributed by atoms with E-state index in [9.17, 15) is 5.26 Å². The molecular weight excluding hydrogens is 300 g/mol. The third-order valence-electron chi connectivity index (χ3n) is 4.81. The number of hydrogen-bond donors (Lipinski definition) is 0. The fraction of sp³-hybridized carbons (Fsp3) is 0.556.